The van der Waals surface area contributed by atoms with Crippen molar-refractivity contribution in [2.24, 2.45) is 0 Å². The van der Waals surface area contributed by atoms with Gasteiger partial charge in [0.25, 0.3) is 0 Å². The first-order valence-electron chi connectivity index (χ1n) is 23.5. The standard InChI is InChI=1S/C40H68O34/c41-1-10-17(48)20(51)26(57)35(67-10)73-32-15(46)8(44)4-62-39(32)64-6-13-19(50)22(53)28(59)37(69-13)72-31-14(70-38(29(60)24(31)55)71-30-12(3-43)66-34(61)25(56)23(30)54)7-65-40-33(16(47)9(45)5-63-40)74-36-27(58)21(52)18(49)11(2-42)68-36/h8-61H,1-7H2/t8-,9-,10-,11-,12-,13-,14-,15+,16+,17+,18+,19-,20+,21+,22+,23-,24-,25-,26-,27-,28-,29-,30-,31-,32-,33-,34-,35+,36+,37+,38+,39-,40-/m1/s1. The second kappa shape index (κ2) is 25.8. The average molecular weight is 1090 g/mol. The number of aliphatic hydroxyl groups is 21. The van der Waals surface area contributed by atoms with E-state index in [1.54, 1.807) is 0 Å². The lowest BCUT2D eigenvalue weighted by Gasteiger charge is -2.48. The first kappa shape index (κ1) is 60.3. The molecule has 7 heterocycles. The molecule has 34 heteroatoms. The van der Waals surface area contributed by atoms with Crippen LogP contribution in [0.25, 0.3) is 0 Å². The lowest BCUT2D eigenvalue weighted by Crippen LogP contribution is -2.67. The zero-order chi connectivity index (χ0) is 54.2. The molecule has 33 atom stereocenters. The summed E-state index contributed by atoms with van der Waals surface area (Å²) in [4.78, 5) is 0. The van der Waals surface area contributed by atoms with Crippen LogP contribution in [0.3, 0.4) is 0 Å². The molecule has 7 aliphatic rings. The monoisotopic (exact) mass is 1090 g/mol. The third-order valence-electron chi connectivity index (χ3n) is 13.7. The van der Waals surface area contributed by atoms with E-state index in [0.29, 0.717) is 0 Å². The molecule has 0 unspecified atom stereocenters. The van der Waals surface area contributed by atoms with Crippen molar-refractivity contribution >= 4 is 0 Å². The summed E-state index contributed by atoms with van der Waals surface area (Å²) in [6, 6.07) is 0. The molecule has 432 valence electrons. The maximum atomic E-state index is 11.7. The zero-order valence-corrected chi connectivity index (χ0v) is 38.7. The van der Waals surface area contributed by atoms with Gasteiger partial charge >= 0.3 is 0 Å². The lowest BCUT2D eigenvalue weighted by molar-refractivity contribution is -0.388. The Morgan fingerprint density at radius 3 is 1.03 bits per heavy atom. The molecule has 0 amide bonds. The van der Waals surface area contributed by atoms with E-state index in [9.17, 15) is 107 Å². The van der Waals surface area contributed by atoms with Crippen molar-refractivity contribution < 1.29 is 169 Å². The molecule has 0 aromatic rings. The van der Waals surface area contributed by atoms with Crippen LogP contribution in [-0.4, -0.2) is 356 Å². The summed E-state index contributed by atoms with van der Waals surface area (Å²) in [6.07, 6.45) is -62.9. The van der Waals surface area contributed by atoms with Crippen LogP contribution in [0.5, 0.6) is 0 Å². The van der Waals surface area contributed by atoms with Crippen LogP contribution in [0.4, 0.5) is 0 Å². The van der Waals surface area contributed by atoms with Crippen LogP contribution >= 0.6 is 0 Å². The van der Waals surface area contributed by atoms with Gasteiger partial charge in [0.2, 0.25) is 0 Å². The number of rotatable bonds is 17. The normalized spacial score (nSPS) is 53.7. The van der Waals surface area contributed by atoms with Crippen molar-refractivity contribution in [2.75, 3.05) is 46.2 Å². The number of ether oxygens (including phenoxy) is 13. The Hall–Kier alpha value is -1.36. The smallest absolute Gasteiger partial charge is 0.187 e. The van der Waals surface area contributed by atoms with E-state index in [1.807, 2.05) is 0 Å². The van der Waals surface area contributed by atoms with E-state index in [0.717, 1.165) is 0 Å². The fraction of sp³-hybridized carbons (Fsp3) is 1.00. The van der Waals surface area contributed by atoms with E-state index in [4.69, 9.17) is 61.6 Å². The van der Waals surface area contributed by atoms with E-state index < -0.39 is 249 Å². The van der Waals surface area contributed by atoms with Crippen molar-refractivity contribution in [2.45, 2.75) is 203 Å². The van der Waals surface area contributed by atoms with Crippen molar-refractivity contribution in [3.8, 4) is 0 Å². The quantitative estimate of drug-likeness (QED) is 0.0643. The van der Waals surface area contributed by atoms with E-state index in [-0.39, 0.29) is 0 Å². The minimum absolute atomic E-state index is 0.598. The van der Waals surface area contributed by atoms with Gasteiger partial charge in [0.1, 0.15) is 159 Å². The highest BCUT2D eigenvalue weighted by molar-refractivity contribution is 4.98. The Balaban J connectivity index is 1.10. The third kappa shape index (κ3) is 12.6. The first-order valence-corrected chi connectivity index (χ1v) is 23.5. The van der Waals surface area contributed by atoms with Gasteiger partial charge in [0.05, 0.1) is 46.2 Å². The van der Waals surface area contributed by atoms with Crippen molar-refractivity contribution in [1.82, 2.24) is 0 Å². The highest BCUT2D eigenvalue weighted by Gasteiger charge is 2.56. The highest BCUT2D eigenvalue weighted by Crippen LogP contribution is 2.35. The van der Waals surface area contributed by atoms with Crippen molar-refractivity contribution in [3.63, 3.8) is 0 Å². The van der Waals surface area contributed by atoms with Crippen molar-refractivity contribution in [1.29, 1.82) is 0 Å². The van der Waals surface area contributed by atoms with Crippen LogP contribution in [0, 0.1) is 0 Å². The minimum Gasteiger partial charge on any atom is -0.394 e. The molecule has 7 aliphatic heterocycles. The summed E-state index contributed by atoms with van der Waals surface area (Å²) < 4.78 is 73.0. The van der Waals surface area contributed by atoms with Gasteiger partial charge in [-0.25, -0.2) is 0 Å². The average Bonchev–Trinajstić information content (AvgIpc) is 3.38. The largest absolute Gasteiger partial charge is 0.394 e. The second-order valence-electron chi connectivity index (χ2n) is 18.8. The SMILES string of the molecule is OC[C@H]1O[C@@H](O[C@H]2[C@@H](OC[C@H]3O[C@@H](O[C@H]4[C@H](O)[C@@H](O)[C@H](O[C@H]5[C@H](O)[C@@H](O)[C@H](O)O[C@@H]5CO)O[C@@H]4CO[C@H]4OC[C@@H](O)[C@H](O)[C@H]4O[C@@H]4O[C@H](CO)[C@H](O)[C@H](O)[C@H]4O)[C@H](O)[C@@H](O)[C@@H]3O)OC[C@@H](O)[C@@H]2O)[C@H](O)[C@@H](O)[C@H]1O. The molecule has 7 rings (SSSR count). The molecule has 0 aromatic heterocycles. The molecule has 7 fully saturated rings. The van der Waals surface area contributed by atoms with Crippen molar-refractivity contribution in [3.05, 3.63) is 0 Å². The Morgan fingerprint density at radius 1 is 0.284 bits per heavy atom. The molecular formula is C40H68O34. The predicted octanol–water partition coefficient (Wildman–Crippen LogP) is -15.0. The molecule has 0 aromatic carbocycles. The maximum Gasteiger partial charge on any atom is 0.187 e. The molecule has 34 nitrogen and oxygen atoms in total. The molecule has 0 saturated carbocycles. The second-order valence-corrected chi connectivity index (χ2v) is 18.8. The Morgan fingerprint density at radius 2 is 0.608 bits per heavy atom. The number of aliphatic hydroxyl groups excluding tert-OH is 21. The molecule has 0 bridgehead atoms. The van der Waals surface area contributed by atoms with Crippen LogP contribution in [0.1, 0.15) is 0 Å². The third-order valence-corrected chi connectivity index (χ3v) is 13.7. The molecule has 0 radical (unpaired) electrons. The van der Waals surface area contributed by atoms with Gasteiger partial charge in [-0.05, 0) is 0 Å². The molecule has 0 aliphatic carbocycles. The van der Waals surface area contributed by atoms with Gasteiger partial charge < -0.3 is 169 Å². The Bertz CT molecular complexity index is 1710. The summed E-state index contributed by atoms with van der Waals surface area (Å²) in [5, 5.41) is 222. The summed E-state index contributed by atoms with van der Waals surface area (Å²) >= 11 is 0. The fourth-order valence-electron chi connectivity index (χ4n) is 9.19. The van der Waals surface area contributed by atoms with Gasteiger partial charge in [-0.15, -0.1) is 0 Å². The molecule has 21 N–H and O–H groups in total. The minimum atomic E-state index is -2.26. The highest BCUT2D eigenvalue weighted by atomic mass is 16.8. The van der Waals surface area contributed by atoms with E-state index in [2.05, 4.69) is 0 Å². The summed E-state index contributed by atoms with van der Waals surface area (Å²) in [5.74, 6) is 0. The number of hydrogen-bond acceptors (Lipinski definition) is 34. The van der Waals surface area contributed by atoms with Crippen LogP contribution in [-0.2, 0) is 61.6 Å². The topological polar surface area (TPSA) is 545 Å². The zero-order valence-electron chi connectivity index (χ0n) is 38.7. The summed E-state index contributed by atoms with van der Waals surface area (Å²) in [6.45, 7) is -5.72. The molecule has 7 saturated heterocycles. The van der Waals surface area contributed by atoms with Crippen LogP contribution in [0.2, 0.25) is 0 Å². The number of hydrogen-bond donors (Lipinski definition) is 21. The maximum absolute atomic E-state index is 11.7. The molecular weight excluding hydrogens is 1020 g/mol. The van der Waals surface area contributed by atoms with Crippen LogP contribution < -0.4 is 0 Å². The molecule has 0 spiro atoms. The van der Waals surface area contributed by atoms with Gasteiger partial charge in [-0.1, -0.05) is 0 Å². The van der Waals surface area contributed by atoms with Gasteiger partial charge in [0, 0.05) is 0 Å². The van der Waals surface area contributed by atoms with E-state index >= 15 is 0 Å². The Labute approximate surface area is 417 Å². The first-order chi connectivity index (χ1) is 35.0. The fourth-order valence-corrected chi connectivity index (χ4v) is 9.19. The lowest BCUT2D eigenvalue weighted by atomic mass is 9.96. The van der Waals surface area contributed by atoms with Gasteiger partial charge in [-0.3, -0.25) is 0 Å². The van der Waals surface area contributed by atoms with Crippen LogP contribution in [0.15, 0.2) is 0 Å². The molecule has 74 heavy (non-hydrogen) atoms. The Kier molecular flexibility index (Phi) is 21.0. The van der Waals surface area contributed by atoms with Gasteiger partial charge in [0.15, 0.2) is 44.0 Å². The summed E-state index contributed by atoms with van der Waals surface area (Å²) in [7, 11) is 0. The van der Waals surface area contributed by atoms with E-state index in [1.165, 1.54) is 0 Å². The predicted molar refractivity (Wildman–Crippen MR) is 220 cm³/mol. The summed E-state index contributed by atoms with van der Waals surface area (Å²) in [5.41, 5.74) is 0. The van der Waals surface area contributed by atoms with Gasteiger partial charge in [-0.2, -0.15) is 0 Å².